The van der Waals surface area contributed by atoms with Crippen LogP contribution in [0.3, 0.4) is 0 Å². The zero-order chi connectivity index (χ0) is 9.35. The third kappa shape index (κ3) is 2.39. The predicted octanol–water partition coefficient (Wildman–Crippen LogP) is 3.88. The van der Waals surface area contributed by atoms with Crippen molar-refractivity contribution in [1.29, 1.82) is 0 Å². The molecule has 0 radical (unpaired) electrons. The number of hydrogen-bond donors (Lipinski definition) is 1. The molecule has 0 N–H and O–H groups in total. The summed E-state index contributed by atoms with van der Waals surface area (Å²) in [6, 6.07) is 6.43. The highest BCUT2D eigenvalue weighted by atomic mass is 127. The van der Waals surface area contributed by atoms with Crippen LogP contribution in [0.15, 0.2) is 23.1 Å². The van der Waals surface area contributed by atoms with E-state index >= 15 is 0 Å². The molecule has 0 atom stereocenters. The van der Waals surface area contributed by atoms with E-state index in [2.05, 4.69) is 74.2 Å². The Morgan fingerprint density at radius 2 is 1.83 bits per heavy atom. The Morgan fingerprint density at radius 1 is 1.25 bits per heavy atom. The van der Waals surface area contributed by atoms with Gasteiger partial charge < -0.3 is 0 Å². The summed E-state index contributed by atoms with van der Waals surface area (Å²) in [4.78, 5) is 1.07. The van der Waals surface area contributed by atoms with E-state index in [0.29, 0.717) is 0 Å². The van der Waals surface area contributed by atoms with Crippen LogP contribution in [0.2, 0.25) is 0 Å². The van der Waals surface area contributed by atoms with Crippen molar-refractivity contribution < 1.29 is 0 Å². The number of halogens is 1. The molecule has 0 fully saturated rings. The smallest absolute Gasteiger partial charge is 0.0263 e. The SMILES string of the molecule is CC(C)(C)c1ccc(I)c(S)c1. The van der Waals surface area contributed by atoms with Crippen LogP contribution in [0.1, 0.15) is 26.3 Å². The second kappa shape index (κ2) is 3.58. The third-order valence-electron chi connectivity index (χ3n) is 1.81. The maximum Gasteiger partial charge on any atom is 0.0263 e. The summed E-state index contributed by atoms with van der Waals surface area (Å²) in [6.45, 7) is 6.63. The van der Waals surface area contributed by atoms with E-state index in [-0.39, 0.29) is 5.41 Å². The Balaban J connectivity index is 3.14. The van der Waals surface area contributed by atoms with Gasteiger partial charge in [-0.15, -0.1) is 12.6 Å². The van der Waals surface area contributed by atoms with E-state index in [1.165, 1.54) is 9.13 Å². The van der Waals surface area contributed by atoms with Gasteiger partial charge in [-0.2, -0.15) is 0 Å². The average Bonchev–Trinajstić information content (AvgIpc) is 1.92. The molecule has 0 amide bonds. The van der Waals surface area contributed by atoms with E-state index in [0.717, 1.165) is 4.90 Å². The first-order valence-corrected chi connectivity index (χ1v) is 5.43. The van der Waals surface area contributed by atoms with Crippen molar-refractivity contribution in [2.75, 3.05) is 0 Å². The highest BCUT2D eigenvalue weighted by Crippen LogP contribution is 2.26. The number of benzene rings is 1. The fourth-order valence-electron chi connectivity index (χ4n) is 0.979. The molecule has 0 aliphatic heterocycles. The predicted molar refractivity (Wildman–Crippen MR) is 65.1 cm³/mol. The first-order chi connectivity index (χ1) is 5.41. The van der Waals surface area contributed by atoms with Crippen LogP contribution in [0.4, 0.5) is 0 Å². The molecular weight excluding hydrogens is 279 g/mol. The summed E-state index contributed by atoms with van der Waals surface area (Å²) in [7, 11) is 0. The first kappa shape index (κ1) is 10.4. The van der Waals surface area contributed by atoms with Gasteiger partial charge in [0.15, 0.2) is 0 Å². The summed E-state index contributed by atoms with van der Waals surface area (Å²) in [5.41, 5.74) is 1.56. The number of hydrogen-bond acceptors (Lipinski definition) is 1. The number of thiol groups is 1. The molecule has 0 aliphatic rings. The molecule has 0 heterocycles. The Labute approximate surface area is 93.3 Å². The average molecular weight is 292 g/mol. The molecule has 1 rings (SSSR count). The lowest BCUT2D eigenvalue weighted by atomic mass is 9.87. The van der Waals surface area contributed by atoms with Crippen molar-refractivity contribution in [3.05, 3.63) is 27.3 Å². The molecule has 0 aromatic heterocycles. The van der Waals surface area contributed by atoms with Crippen molar-refractivity contribution in [1.82, 2.24) is 0 Å². The van der Waals surface area contributed by atoms with Crippen molar-refractivity contribution in [2.24, 2.45) is 0 Å². The van der Waals surface area contributed by atoms with Crippen molar-refractivity contribution >= 4 is 35.2 Å². The summed E-state index contributed by atoms with van der Waals surface area (Å²) in [5, 5.41) is 0. The summed E-state index contributed by atoms with van der Waals surface area (Å²) in [6.07, 6.45) is 0. The van der Waals surface area contributed by atoms with Crippen molar-refractivity contribution in [2.45, 2.75) is 31.1 Å². The molecule has 0 spiro atoms. The van der Waals surface area contributed by atoms with Gasteiger partial charge in [0.05, 0.1) is 0 Å². The zero-order valence-corrected chi connectivity index (χ0v) is 10.6. The minimum absolute atomic E-state index is 0.224. The minimum Gasteiger partial charge on any atom is -0.142 e. The number of rotatable bonds is 0. The quantitative estimate of drug-likeness (QED) is 0.544. The molecule has 0 aliphatic carbocycles. The Bertz CT molecular complexity index is 286. The highest BCUT2D eigenvalue weighted by Gasteiger charge is 2.13. The van der Waals surface area contributed by atoms with E-state index in [1.54, 1.807) is 0 Å². The molecule has 2 heteroatoms. The third-order valence-corrected chi connectivity index (χ3v) is 3.55. The van der Waals surface area contributed by atoms with Gasteiger partial charge in [0, 0.05) is 8.47 Å². The van der Waals surface area contributed by atoms with Crippen LogP contribution in [0.5, 0.6) is 0 Å². The normalized spacial score (nSPS) is 11.8. The molecule has 1 aromatic carbocycles. The molecule has 0 bridgehead atoms. The lowest BCUT2D eigenvalue weighted by molar-refractivity contribution is 0.588. The monoisotopic (exact) mass is 292 g/mol. The van der Waals surface area contributed by atoms with E-state index in [9.17, 15) is 0 Å². The fourth-order valence-corrected chi connectivity index (χ4v) is 1.53. The second-order valence-electron chi connectivity index (χ2n) is 3.92. The van der Waals surface area contributed by atoms with E-state index in [4.69, 9.17) is 0 Å². The van der Waals surface area contributed by atoms with Gasteiger partial charge >= 0.3 is 0 Å². The van der Waals surface area contributed by atoms with Crippen molar-refractivity contribution in [3.63, 3.8) is 0 Å². The van der Waals surface area contributed by atoms with Gasteiger partial charge in [-0.05, 0) is 45.7 Å². The Morgan fingerprint density at radius 3 is 2.25 bits per heavy atom. The molecule has 66 valence electrons. The van der Waals surface area contributed by atoms with Gasteiger partial charge in [-0.3, -0.25) is 0 Å². The van der Waals surface area contributed by atoms with Crippen LogP contribution in [-0.2, 0) is 5.41 Å². The largest absolute Gasteiger partial charge is 0.142 e. The van der Waals surface area contributed by atoms with Gasteiger partial charge in [-0.1, -0.05) is 26.8 Å². The summed E-state index contributed by atoms with van der Waals surface area (Å²) < 4.78 is 1.21. The van der Waals surface area contributed by atoms with Crippen LogP contribution in [0, 0.1) is 3.57 Å². The van der Waals surface area contributed by atoms with E-state index in [1.807, 2.05) is 0 Å². The maximum absolute atomic E-state index is 4.39. The summed E-state index contributed by atoms with van der Waals surface area (Å²) >= 11 is 6.68. The van der Waals surface area contributed by atoms with Gasteiger partial charge in [0.25, 0.3) is 0 Å². The van der Waals surface area contributed by atoms with Gasteiger partial charge in [0.1, 0.15) is 0 Å². The summed E-state index contributed by atoms with van der Waals surface area (Å²) in [5.74, 6) is 0. The van der Waals surface area contributed by atoms with Crippen LogP contribution in [-0.4, -0.2) is 0 Å². The lowest BCUT2D eigenvalue weighted by Gasteiger charge is -2.19. The van der Waals surface area contributed by atoms with Crippen LogP contribution in [0.25, 0.3) is 0 Å². The second-order valence-corrected chi connectivity index (χ2v) is 5.56. The van der Waals surface area contributed by atoms with Gasteiger partial charge in [0.2, 0.25) is 0 Å². The minimum atomic E-state index is 0.224. The molecule has 0 saturated heterocycles. The highest BCUT2D eigenvalue weighted by molar-refractivity contribution is 14.1. The molecule has 0 saturated carbocycles. The molecule has 0 nitrogen and oxygen atoms in total. The van der Waals surface area contributed by atoms with Crippen LogP contribution < -0.4 is 0 Å². The Kier molecular flexibility index (Phi) is 3.10. The zero-order valence-electron chi connectivity index (χ0n) is 7.56. The van der Waals surface area contributed by atoms with Crippen LogP contribution >= 0.6 is 35.2 Å². The Hall–Kier alpha value is 0.300. The first-order valence-electron chi connectivity index (χ1n) is 3.90. The molecule has 12 heavy (non-hydrogen) atoms. The maximum atomic E-state index is 4.39. The topological polar surface area (TPSA) is 0 Å². The molecular formula is C10H13IS. The molecule has 0 unspecified atom stereocenters. The van der Waals surface area contributed by atoms with Gasteiger partial charge in [-0.25, -0.2) is 0 Å². The lowest BCUT2D eigenvalue weighted by Crippen LogP contribution is -2.10. The standard InChI is InChI=1S/C10H13IS/c1-10(2,3)7-4-5-8(11)9(12)6-7/h4-6,12H,1-3H3. The van der Waals surface area contributed by atoms with Crippen molar-refractivity contribution in [3.8, 4) is 0 Å². The fraction of sp³-hybridized carbons (Fsp3) is 0.400. The van der Waals surface area contributed by atoms with E-state index < -0.39 is 0 Å². The molecule has 1 aromatic rings.